The zero-order valence-corrected chi connectivity index (χ0v) is 24.0. The van der Waals surface area contributed by atoms with Gasteiger partial charge in [0, 0.05) is 45.9 Å². The van der Waals surface area contributed by atoms with E-state index in [2.05, 4.69) is 180 Å². The van der Waals surface area contributed by atoms with Crippen LogP contribution in [0.4, 0.5) is 17.1 Å². The van der Waals surface area contributed by atoms with Crippen molar-refractivity contribution >= 4 is 49.6 Å². The van der Waals surface area contributed by atoms with Gasteiger partial charge in [0.15, 0.2) is 0 Å². The van der Waals surface area contributed by atoms with E-state index in [0.717, 1.165) is 17.1 Å². The predicted octanol–water partition coefficient (Wildman–Crippen LogP) is 11.3. The van der Waals surface area contributed by atoms with Crippen molar-refractivity contribution in [3.63, 3.8) is 0 Å². The molecule has 0 saturated carbocycles. The molecule has 1 aromatic heterocycles. The highest BCUT2D eigenvalue weighted by molar-refractivity contribution is 6.24. The molecule has 0 bridgehead atoms. The van der Waals surface area contributed by atoms with Gasteiger partial charge in [-0.25, -0.2) is 0 Å². The van der Waals surface area contributed by atoms with Gasteiger partial charge in [-0.1, -0.05) is 115 Å². The van der Waals surface area contributed by atoms with Crippen LogP contribution in [-0.2, 0) is 7.05 Å². The third kappa shape index (κ3) is 4.27. The van der Waals surface area contributed by atoms with Gasteiger partial charge < -0.3 is 9.47 Å². The van der Waals surface area contributed by atoms with E-state index in [1.165, 1.54) is 54.8 Å². The molecular weight excluding hydrogens is 520 g/mol. The van der Waals surface area contributed by atoms with Gasteiger partial charge in [-0.3, -0.25) is 0 Å². The number of fused-ring (bicyclic) bond motifs is 5. The van der Waals surface area contributed by atoms with Crippen LogP contribution < -0.4 is 4.90 Å². The van der Waals surface area contributed by atoms with Crippen LogP contribution in [-0.4, -0.2) is 4.57 Å². The molecular formula is C41H30N2. The Morgan fingerprint density at radius 3 is 1.60 bits per heavy atom. The number of aromatic nitrogens is 1. The first-order valence-electron chi connectivity index (χ1n) is 14.8. The lowest BCUT2D eigenvalue weighted by molar-refractivity contribution is 1.01. The molecule has 0 atom stereocenters. The minimum Gasteiger partial charge on any atom is -0.344 e. The van der Waals surface area contributed by atoms with E-state index in [1.807, 2.05) is 0 Å². The molecule has 0 N–H and O–H groups in total. The van der Waals surface area contributed by atoms with Crippen molar-refractivity contribution in [3.05, 3.63) is 164 Å². The monoisotopic (exact) mass is 550 g/mol. The molecule has 0 radical (unpaired) electrons. The Kier molecular flexibility index (Phi) is 6.05. The highest BCUT2D eigenvalue weighted by Gasteiger charge is 2.16. The summed E-state index contributed by atoms with van der Waals surface area (Å²) in [6.07, 6.45) is 0. The number of benzene rings is 7. The van der Waals surface area contributed by atoms with Gasteiger partial charge in [0.25, 0.3) is 0 Å². The van der Waals surface area contributed by atoms with Gasteiger partial charge in [-0.05, 0) is 81.6 Å². The number of rotatable bonds is 5. The van der Waals surface area contributed by atoms with Crippen LogP contribution in [0.1, 0.15) is 0 Å². The van der Waals surface area contributed by atoms with Crippen molar-refractivity contribution in [3.8, 4) is 22.3 Å². The molecule has 0 saturated heterocycles. The summed E-state index contributed by atoms with van der Waals surface area (Å²) in [5.41, 5.74) is 10.8. The topological polar surface area (TPSA) is 8.17 Å². The van der Waals surface area contributed by atoms with E-state index < -0.39 is 0 Å². The van der Waals surface area contributed by atoms with Crippen molar-refractivity contribution in [1.29, 1.82) is 0 Å². The van der Waals surface area contributed by atoms with E-state index in [-0.39, 0.29) is 0 Å². The van der Waals surface area contributed by atoms with Gasteiger partial charge in [0.05, 0.1) is 0 Å². The predicted molar refractivity (Wildman–Crippen MR) is 183 cm³/mol. The molecule has 43 heavy (non-hydrogen) atoms. The molecule has 8 rings (SSSR count). The lowest BCUT2D eigenvalue weighted by Crippen LogP contribution is -2.09. The summed E-state index contributed by atoms with van der Waals surface area (Å²) in [5.74, 6) is 0. The summed E-state index contributed by atoms with van der Waals surface area (Å²) in [5, 5.41) is 5.21. The van der Waals surface area contributed by atoms with Crippen molar-refractivity contribution < 1.29 is 0 Å². The van der Waals surface area contributed by atoms with Crippen LogP contribution in [0.15, 0.2) is 164 Å². The van der Waals surface area contributed by atoms with Crippen molar-refractivity contribution in [1.82, 2.24) is 4.57 Å². The second kappa shape index (κ2) is 10.3. The zero-order valence-electron chi connectivity index (χ0n) is 24.0. The molecule has 204 valence electrons. The Morgan fingerprint density at radius 1 is 0.395 bits per heavy atom. The van der Waals surface area contributed by atoms with Gasteiger partial charge in [-0.2, -0.15) is 0 Å². The summed E-state index contributed by atoms with van der Waals surface area (Å²) in [6.45, 7) is 0. The molecule has 2 heteroatoms. The first-order chi connectivity index (χ1) is 21.3. The SMILES string of the molecule is Cn1c2cccc(-c3ccc(-c4ccc(N(c5ccccc5)c5ccccc5)cc4)cc3)c2c2c3ccccc3ccc21. The molecule has 2 nitrogen and oxygen atoms in total. The van der Waals surface area contributed by atoms with E-state index in [9.17, 15) is 0 Å². The first kappa shape index (κ1) is 25.1. The standard InChI is InChI=1S/C41H30N2/c1-42-38-18-10-17-37(40(38)41-36-16-9-8-11-31(36)25-28-39(41)42)32-21-19-29(20-22-32)30-23-26-35(27-24-30)43(33-12-4-2-5-13-33)34-14-6-3-7-15-34/h2-28H,1H3. The average molecular weight is 551 g/mol. The van der Waals surface area contributed by atoms with Gasteiger partial charge >= 0.3 is 0 Å². The van der Waals surface area contributed by atoms with Gasteiger partial charge in [0.1, 0.15) is 0 Å². The van der Waals surface area contributed by atoms with Crippen LogP contribution in [0, 0.1) is 0 Å². The molecule has 1 heterocycles. The molecule has 8 aromatic rings. The second-order valence-electron chi connectivity index (χ2n) is 11.1. The van der Waals surface area contributed by atoms with E-state index in [4.69, 9.17) is 0 Å². The van der Waals surface area contributed by atoms with Crippen molar-refractivity contribution in [2.45, 2.75) is 0 Å². The minimum atomic E-state index is 1.13. The maximum absolute atomic E-state index is 2.32. The molecule has 7 aromatic carbocycles. The zero-order chi connectivity index (χ0) is 28.8. The Morgan fingerprint density at radius 2 is 0.930 bits per heavy atom. The smallest absolute Gasteiger partial charge is 0.0495 e. The van der Waals surface area contributed by atoms with Crippen LogP contribution >= 0.6 is 0 Å². The van der Waals surface area contributed by atoms with Crippen LogP contribution in [0.5, 0.6) is 0 Å². The Labute approximate surface area is 251 Å². The summed E-state index contributed by atoms with van der Waals surface area (Å²) in [6, 6.07) is 58.8. The Balaban J connectivity index is 1.18. The highest BCUT2D eigenvalue weighted by atomic mass is 15.1. The Bertz CT molecular complexity index is 2170. The van der Waals surface area contributed by atoms with Crippen LogP contribution in [0.25, 0.3) is 54.8 Å². The fraction of sp³-hybridized carbons (Fsp3) is 0.0244. The maximum atomic E-state index is 2.32. The number of hydrogen-bond acceptors (Lipinski definition) is 1. The third-order valence-corrected chi connectivity index (χ3v) is 8.61. The lowest BCUT2D eigenvalue weighted by atomic mass is 9.95. The molecule has 0 fully saturated rings. The Hall–Kier alpha value is -5.60. The van der Waals surface area contributed by atoms with Crippen molar-refractivity contribution in [2.24, 2.45) is 7.05 Å². The average Bonchev–Trinajstić information content (AvgIpc) is 3.38. The minimum absolute atomic E-state index is 1.13. The fourth-order valence-corrected chi connectivity index (χ4v) is 6.50. The van der Waals surface area contributed by atoms with Crippen LogP contribution in [0.3, 0.4) is 0 Å². The third-order valence-electron chi connectivity index (χ3n) is 8.61. The normalized spacial score (nSPS) is 11.4. The quantitative estimate of drug-likeness (QED) is 0.207. The largest absolute Gasteiger partial charge is 0.344 e. The molecule has 0 amide bonds. The molecule has 0 aliphatic carbocycles. The molecule has 0 aliphatic rings. The number of anilines is 3. The number of para-hydroxylation sites is 2. The highest BCUT2D eigenvalue weighted by Crippen LogP contribution is 2.40. The van der Waals surface area contributed by atoms with E-state index >= 15 is 0 Å². The first-order valence-corrected chi connectivity index (χ1v) is 14.8. The van der Waals surface area contributed by atoms with Crippen molar-refractivity contribution in [2.75, 3.05) is 4.90 Å². The van der Waals surface area contributed by atoms with E-state index in [1.54, 1.807) is 0 Å². The molecule has 0 spiro atoms. The number of aryl methyl sites for hydroxylation is 1. The molecule has 0 aliphatic heterocycles. The molecule has 0 unspecified atom stereocenters. The summed E-state index contributed by atoms with van der Waals surface area (Å²) in [7, 11) is 2.17. The summed E-state index contributed by atoms with van der Waals surface area (Å²) in [4.78, 5) is 2.29. The maximum Gasteiger partial charge on any atom is 0.0495 e. The van der Waals surface area contributed by atoms with Gasteiger partial charge in [0.2, 0.25) is 0 Å². The van der Waals surface area contributed by atoms with E-state index in [0.29, 0.717) is 0 Å². The lowest BCUT2D eigenvalue weighted by Gasteiger charge is -2.25. The van der Waals surface area contributed by atoms with Gasteiger partial charge in [-0.15, -0.1) is 0 Å². The summed E-state index contributed by atoms with van der Waals surface area (Å²) >= 11 is 0. The number of hydrogen-bond donors (Lipinski definition) is 0. The summed E-state index contributed by atoms with van der Waals surface area (Å²) < 4.78 is 2.32. The number of nitrogens with zero attached hydrogens (tertiary/aromatic N) is 2. The fourth-order valence-electron chi connectivity index (χ4n) is 6.50. The van der Waals surface area contributed by atoms with Crippen LogP contribution in [0.2, 0.25) is 0 Å². The second-order valence-corrected chi connectivity index (χ2v) is 11.1.